The third-order valence-electron chi connectivity index (χ3n) is 3.19. The summed E-state index contributed by atoms with van der Waals surface area (Å²) < 4.78 is 28.6. The minimum atomic E-state index is -1.09. The lowest BCUT2D eigenvalue weighted by Crippen LogP contribution is -2.63. The number of aliphatic hydroxyl groups is 1. The Labute approximate surface area is 134 Å². The maximum absolute atomic E-state index is 10.2. The highest BCUT2D eigenvalue weighted by Crippen LogP contribution is 2.32. The van der Waals surface area contributed by atoms with E-state index in [2.05, 4.69) is 0 Å². The molecule has 6 nitrogen and oxygen atoms in total. The summed E-state index contributed by atoms with van der Waals surface area (Å²) in [5, 5.41) is 10.2. The van der Waals surface area contributed by atoms with Gasteiger partial charge in [0.25, 0.3) is 0 Å². The minimum absolute atomic E-state index is 0.304. The summed E-state index contributed by atoms with van der Waals surface area (Å²) in [7, 11) is 3.12. The molecule has 1 heterocycles. The van der Waals surface area contributed by atoms with E-state index in [-0.39, 0.29) is 5.60 Å². The Balaban J connectivity index is 3.09. The van der Waals surface area contributed by atoms with Crippen LogP contribution in [0.1, 0.15) is 41.5 Å². The van der Waals surface area contributed by atoms with Crippen molar-refractivity contribution in [3.63, 3.8) is 0 Å². The van der Waals surface area contributed by atoms with Crippen LogP contribution in [0.2, 0.25) is 0 Å². The fraction of sp³-hybridized carbons (Fsp3) is 1.00. The number of hydrogen-bond donors (Lipinski definition) is 1. The Kier molecular flexibility index (Phi) is 6.80. The van der Waals surface area contributed by atoms with Crippen molar-refractivity contribution in [2.24, 2.45) is 0 Å². The Morgan fingerprint density at radius 3 is 1.77 bits per heavy atom. The summed E-state index contributed by atoms with van der Waals surface area (Å²) >= 11 is 0. The van der Waals surface area contributed by atoms with Gasteiger partial charge in [0.2, 0.25) is 0 Å². The summed E-state index contributed by atoms with van der Waals surface area (Å²) in [4.78, 5) is 0. The zero-order valence-electron chi connectivity index (χ0n) is 15.1. The first kappa shape index (κ1) is 19.8. The normalized spacial score (nSPS) is 34.0. The van der Waals surface area contributed by atoms with Crippen LogP contribution in [0.5, 0.6) is 0 Å². The van der Waals surface area contributed by atoms with Gasteiger partial charge in [0, 0.05) is 14.2 Å². The molecule has 1 aliphatic rings. The zero-order valence-corrected chi connectivity index (χ0v) is 15.1. The van der Waals surface area contributed by atoms with E-state index in [4.69, 9.17) is 23.7 Å². The number of ether oxygens (including phenoxy) is 5. The molecule has 1 saturated heterocycles. The third-order valence-corrected chi connectivity index (χ3v) is 3.19. The van der Waals surface area contributed by atoms with Crippen LogP contribution in [0, 0.1) is 0 Å². The van der Waals surface area contributed by atoms with Crippen LogP contribution in [-0.4, -0.2) is 67.8 Å². The van der Waals surface area contributed by atoms with Gasteiger partial charge in [-0.2, -0.15) is 0 Å². The second-order valence-corrected chi connectivity index (χ2v) is 7.61. The average molecular weight is 320 g/mol. The fourth-order valence-corrected chi connectivity index (χ4v) is 2.54. The van der Waals surface area contributed by atoms with Gasteiger partial charge in [0.1, 0.15) is 24.4 Å². The molecule has 2 unspecified atom stereocenters. The van der Waals surface area contributed by atoms with E-state index in [9.17, 15) is 5.11 Å². The van der Waals surface area contributed by atoms with Crippen LogP contribution in [-0.2, 0) is 23.7 Å². The molecule has 0 bridgehead atoms. The second-order valence-electron chi connectivity index (χ2n) is 7.61. The van der Waals surface area contributed by atoms with Crippen LogP contribution in [0.25, 0.3) is 0 Å². The summed E-state index contributed by atoms with van der Waals surface area (Å²) in [5.41, 5.74) is -0.796. The molecule has 0 aromatic carbocycles. The standard InChI is InChI=1S/C16H32O6/c1-15(2,3)21-11-10(9-18-7)20-14(17)13(19-8)12(11)22-16(4,5)6/h10-14,17H,9H2,1-8H3/t10?,11-,12+,13?,14+/m1/s1. The molecule has 1 aliphatic heterocycles. The van der Waals surface area contributed by atoms with Gasteiger partial charge in [-0.05, 0) is 41.5 Å². The lowest BCUT2D eigenvalue weighted by atomic mass is 9.96. The molecule has 5 atom stereocenters. The maximum atomic E-state index is 10.2. The number of rotatable bonds is 5. The summed E-state index contributed by atoms with van der Waals surface area (Å²) in [5.74, 6) is 0. The highest BCUT2D eigenvalue weighted by molar-refractivity contribution is 4.94. The lowest BCUT2D eigenvalue weighted by Gasteiger charge is -2.47. The van der Waals surface area contributed by atoms with E-state index < -0.39 is 36.3 Å². The smallest absolute Gasteiger partial charge is 0.184 e. The van der Waals surface area contributed by atoms with Crippen LogP contribution in [0.15, 0.2) is 0 Å². The SMILES string of the molecule is COCC1O[C@H](O)C(OC)[C@@H](OC(C)(C)C)[C@@H]1OC(C)(C)C. The van der Waals surface area contributed by atoms with Crippen LogP contribution >= 0.6 is 0 Å². The van der Waals surface area contributed by atoms with E-state index in [1.165, 1.54) is 7.11 Å². The number of aliphatic hydroxyl groups excluding tert-OH is 1. The molecule has 0 radical (unpaired) electrons. The lowest BCUT2D eigenvalue weighted by molar-refractivity contribution is -0.328. The van der Waals surface area contributed by atoms with Crippen molar-refractivity contribution in [1.29, 1.82) is 0 Å². The topological polar surface area (TPSA) is 66.4 Å². The van der Waals surface area contributed by atoms with Gasteiger partial charge in [-0.3, -0.25) is 0 Å². The molecule has 132 valence electrons. The molecular weight excluding hydrogens is 288 g/mol. The molecular formula is C16H32O6. The predicted molar refractivity (Wildman–Crippen MR) is 82.8 cm³/mol. The predicted octanol–water partition coefficient (Wildman–Crippen LogP) is 1.73. The van der Waals surface area contributed by atoms with E-state index >= 15 is 0 Å². The van der Waals surface area contributed by atoms with Crippen molar-refractivity contribution < 1.29 is 28.8 Å². The van der Waals surface area contributed by atoms with E-state index in [1.807, 2.05) is 41.5 Å². The van der Waals surface area contributed by atoms with Gasteiger partial charge in [-0.15, -0.1) is 0 Å². The van der Waals surface area contributed by atoms with Gasteiger partial charge in [0.15, 0.2) is 6.29 Å². The molecule has 0 aromatic rings. The summed E-state index contributed by atoms with van der Waals surface area (Å²) in [6, 6.07) is 0. The first-order valence-electron chi connectivity index (χ1n) is 7.69. The average Bonchev–Trinajstić information content (AvgIpc) is 2.31. The molecule has 6 heteroatoms. The number of hydrogen-bond acceptors (Lipinski definition) is 6. The van der Waals surface area contributed by atoms with Crippen molar-refractivity contribution in [2.45, 2.75) is 83.5 Å². The van der Waals surface area contributed by atoms with Gasteiger partial charge >= 0.3 is 0 Å². The first-order valence-corrected chi connectivity index (χ1v) is 7.69. The van der Waals surface area contributed by atoms with E-state index in [1.54, 1.807) is 7.11 Å². The van der Waals surface area contributed by atoms with Gasteiger partial charge in [0.05, 0.1) is 17.8 Å². The van der Waals surface area contributed by atoms with Crippen molar-refractivity contribution in [3.05, 3.63) is 0 Å². The number of methoxy groups -OCH3 is 2. The highest BCUT2D eigenvalue weighted by atomic mass is 16.7. The molecule has 0 aliphatic carbocycles. The molecule has 22 heavy (non-hydrogen) atoms. The van der Waals surface area contributed by atoms with Crippen LogP contribution in [0.3, 0.4) is 0 Å². The van der Waals surface area contributed by atoms with Crippen molar-refractivity contribution >= 4 is 0 Å². The zero-order chi connectivity index (χ0) is 17.1. The summed E-state index contributed by atoms with van der Waals surface area (Å²) in [6.45, 7) is 12.1. The quantitative estimate of drug-likeness (QED) is 0.832. The Morgan fingerprint density at radius 2 is 1.36 bits per heavy atom. The van der Waals surface area contributed by atoms with Gasteiger partial charge in [-0.1, -0.05) is 0 Å². The molecule has 1 fully saturated rings. The maximum Gasteiger partial charge on any atom is 0.184 e. The van der Waals surface area contributed by atoms with E-state index in [0.29, 0.717) is 6.61 Å². The minimum Gasteiger partial charge on any atom is -0.382 e. The Bertz CT molecular complexity index is 333. The first-order chi connectivity index (χ1) is 9.98. The molecule has 0 aromatic heterocycles. The van der Waals surface area contributed by atoms with Crippen molar-refractivity contribution in [3.8, 4) is 0 Å². The van der Waals surface area contributed by atoms with Crippen LogP contribution in [0.4, 0.5) is 0 Å². The van der Waals surface area contributed by atoms with Crippen molar-refractivity contribution in [1.82, 2.24) is 0 Å². The summed E-state index contributed by atoms with van der Waals surface area (Å²) in [6.07, 6.45) is -3.02. The van der Waals surface area contributed by atoms with Gasteiger partial charge in [-0.25, -0.2) is 0 Å². The molecule has 1 rings (SSSR count). The fourth-order valence-electron chi connectivity index (χ4n) is 2.54. The molecule has 0 amide bonds. The third kappa shape index (κ3) is 5.76. The Hall–Kier alpha value is -0.240. The molecule has 1 N–H and O–H groups in total. The van der Waals surface area contributed by atoms with Crippen molar-refractivity contribution in [2.75, 3.05) is 20.8 Å². The van der Waals surface area contributed by atoms with Gasteiger partial charge < -0.3 is 28.8 Å². The van der Waals surface area contributed by atoms with E-state index in [0.717, 1.165) is 0 Å². The second kappa shape index (κ2) is 7.55. The molecule has 0 spiro atoms. The largest absolute Gasteiger partial charge is 0.382 e. The molecule has 0 saturated carbocycles. The van der Waals surface area contributed by atoms with Crippen LogP contribution < -0.4 is 0 Å². The highest BCUT2D eigenvalue weighted by Gasteiger charge is 2.49. The Morgan fingerprint density at radius 1 is 0.864 bits per heavy atom. The monoisotopic (exact) mass is 320 g/mol.